The van der Waals surface area contributed by atoms with Crippen molar-refractivity contribution in [1.82, 2.24) is 5.32 Å². The normalized spacial score (nSPS) is 29.4. The van der Waals surface area contributed by atoms with E-state index in [1.54, 1.807) is 0 Å². The van der Waals surface area contributed by atoms with Crippen LogP contribution in [0.3, 0.4) is 0 Å². The number of ether oxygens (including phenoxy) is 1. The molecular weight excluding hydrogens is 220 g/mol. The van der Waals surface area contributed by atoms with Gasteiger partial charge in [-0.25, -0.2) is 0 Å². The van der Waals surface area contributed by atoms with Crippen LogP contribution in [0.1, 0.15) is 27.2 Å². The fourth-order valence-corrected chi connectivity index (χ4v) is 1.84. The molecular formula is C12H24N2O3. The standard InChI is InChI=1S/C12H24N2O3/c1-11(2,4-5-15)7-14-10(16)12(3)8-17-6-9(12)13/h9,15H,4-8,13H2,1-3H3,(H,14,16). The second kappa shape index (κ2) is 5.33. The highest BCUT2D eigenvalue weighted by atomic mass is 16.5. The minimum atomic E-state index is -0.630. The van der Waals surface area contributed by atoms with E-state index in [1.165, 1.54) is 0 Å². The molecule has 0 aromatic heterocycles. The van der Waals surface area contributed by atoms with E-state index in [0.717, 1.165) is 0 Å². The van der Waals surface area contributed by atoms with Crippen molar-refractivity contribution in [2.45, 2.75) is 33.2 Å². The van der Waals surface area contributed by atoms with Gasteiger partial charge in [-0.1, -0.05) is 13.8 Å². The maximum absolute atomic E-state index is 12.1. The van der Waals surface area contributed by atoms with Gasteiger partial charge in [-0.15, -0.1) is 0 Å². The van der Waals surface area contributed by atoms with Gasteiger partial charge in [-0.05, 0) is 18.8 Å². The lowest BCUT2D eigenvalue weighted by atomic mass is 9.83. The molecule has 0 spiro atoms. The minimum Gasteiger partial charge on any atom is -0.396 e. The van der Waals surface area contributed by atoms with Crippen molar-refractivity contribution < 1.29 is 14.6 Å². The SMILES string of the molecule is CC(C)(CCO)CNC(=O)C1(C)COCC1N. The Morgan fingerprint density at radius 1 is 1.65 bits per heavy atom. The van der Waals surface area contributed by atoms with E-state index >= 15 is 0 Å². The zero-order valence-corrected chi connectivity index (χ0v) is 11.0. The largest absolute Gasteiger partial charge is 0.396 e. The van der Waals surface area contributed by atoms with E-state index in [-0.39, 0.29) is 24.0 Å². The first-order valence-electron chi connectivity index (χ1n) is 6.04. The lowest BCUT2D eigenvalue weighted by molar-refractivity contribution is -0.131. The highest BCUT2D eigenvalue weighted by molar-refractivity contribution is 5.83. The van der Waals surface area contributed by atoms with Gasteiger partial charge >= 0.3 is 0 Å². The van der Waals surface area contributed by atoms with Gasteiger partial charge in [0, 0.05) is 19.2 Å². The topological polar surface area (TPSA) is 84.6 Å². The number of aliphatic hydroxyl groups excluding tert-OH is 1. The summed E-state index contributed by atoms with van der Waals surface area (Å²) in [6, 6.07) is -0.247. The Hall–Kier alpha value is -0.650. The molecule has 5 nitrogen and oxygen atoms in total. The van der Waals surface area contributed by atoms with Crippen LogP contribution in [0, 0.1) is 10.8 Å². The molecule has 2 unspecified atom stereocenters. The molecule has 100 valence electrons. The van der Waals surface area contributed by atoms with Crippen molar-refractivity contribution in [3.05, 3.63) is 0 Å². The molecule has 1 aliphatic rings. The van der Waals surface area contributed by atoms with Gasteiger partial charge in [-0.2, -0.15) is 0 Å². The smallest absolute Gasteiger partial charge is 0.229 e. The highest BCUT2D eigenvalue weighted by Gasteiger charge is 2.44. The first-order chi connectivity index (χ1) is 7.82. The Morgan fingerprint density at radius 2 is 2.29 bits per heavy atom. The van der Waals surface area contributed by atoms with Gasteiger partial charge in [0.1, 0.15) is 0 Å². The van der Waals surface area contributed by atoms with Gasteiger partial charge in [0.2, 0.25) is 5.91 Å². The van der Waals surface area contributed by atoms with Crippen LogP contribution in [0.25, 0.3) is 0 Å². The van der Waals surface area contributed by atoms with Crippen LogP contribution in [0.5, 0.6) is 0 Å². The summed E-state index contributed by atoms with van der Waals surface area (Å²) in [6.45, 7) is 7.33. The Balaban J connectivity index is 2.50. The van der Waals surface area contributed by atoms with Crippen molar-refractivity contribution in [2.24, 2.45) is 16.6 Å². The average Bonchev–Trinajstić information content (AvgIpc) is 2.57. The van der Waals surface area contributed by atoms with Crippen LogP contribution in [-0.4, -0.2) is 43.4 Å². The molecule has 4 N–H and O–H groups in total. The summed E-state index contributed by atoms with van der Waals surface area (Å²) in [7, 11) is 0. The van der Waals surface area contributed by atoms with Crippen molar-refractivity contribution in [3.63, 3.8) is 0 Å². The minimum absolute atomic E-state index is 0.0616. The number of amides is 1. The monoisotopic (exact) mass is 244 g/mol. The Morgan fingerprint density at radius 3 is 2.76 bits per heavy atom. The predicted molar refractivity (Wildman–Crippen MR) is 65.4 cm³/mol. The number of carbonyl (C=O) groups excluding carboxylic acids is 1. The zero-order valence-electron chi connectivity index (χ0n) is 11.0. The summed E-state index contributed by atoms with van der Waals surface area (Å²) in [4.78, 5) is 12.1. The lowest BCUT2D eigenvalue weighted by Gasteiger charge is -2.29. The van der Waals surface area contributed by atoms with Crippen LogP contribution >= 0.6 is 0 Å². The molecule has 1 rings (SSSR count). The molecule has 1 aliphatic heterocycles. The number of hydrogen-bond donors (Lipinski definition) is 3. The molecule has 1 heterocycles. The molecule has 0 aromatic carbocycles. The molecule has 17 heavy (non-hydrogen) atoms. The molecule has 0 aromatic rings. The first kappa shape index (κ1) is 14.4. The van der Waals surface area contributed by atoms with E-state index in [1.807, 2.05) is 20.8 Å². The highest BCUT2D eigenvalue weighted by Crippen LogP contribution is 2.27. The van der Waals surface area contributed by atoms with E-state index in [0.29, 0.717) is 26.2 Å². The average molecular weight is 244 g/mol. The van der Waals surface area contributed by atoms with E-state index in [2.05, 4.69) is 5.32 Å². The molecule has 0 radical (unpaired) electrons. The third kappa shape index (κ3) is 3.40. The van der Waals surface area contributed by atoms with Crippen molar-refractivity contribution >= 4 is 5.91 Å². The number of carbonyl (C=O) groups is 1. The fourth-order valence-electron chi connectivity index (χ4n) is 1.84. The van der Waals surface area contributed by atoms with Crippen molar-refractivity contribution in [1.29, 1.82) is 0 Å². The molecule has 1 amide bonds. The molecule has 5 heteroatoms. The summed E-state index contributed by atoms with van der Waals surface area (Å²) < 4.78 is 5.25. The maximum atomic E-state index is 12.1. The summed E-state index contributed by atoms with van der Waals surface area (Å²) >= 11 is 0. The fraction of sp³-hybridized carbons (Fsp3) is 0.917. The van der Waals surface area contributed by atoms with Crippen molar-refractivity contribution in [3.8, 4) is 0 Å². The molecule has 2 atom stereocenters. The van der Waals surface area contributed by atoms with E-state index < -0.39 is 5.41 Å². The summed E-state index contributed by atoms with van der Waals surface area (Å²) in [5.41, 5.74) is 5.15. The van der Waals surface area contributed by atoms with Gasteiger partial charge < -0.3 is 20.9 Å². The van der Waals surface area contributed by atoms with Gasteiger partial charge in [-0.3, -0.25) is 4.79 Å². The number of aliphatic hydroxyl groups is 1. The summed E-state index contributed by atoms with van der Waals surface area (Å²) in [6.07, 6.45) is 0.659. The van der Waals surface area contributed by atoms with E-state index in [4.69, 9.17) is 15.6 Å². The molecule has 0 bridgehead atoms. The first-order valence-corrected chi connectivity index (χ1v) is 6.04. The molecule has 0 saturated carbocycles. The zero-order chi connectivity index (χ0) is 13.1. The van der Waals surface area contributed by atoms with Crippen LogP contribution in [0.2, 0.25) is 0 Å². The number of nitrogens with one attached hydrogen (secondary N) is 1. The quantitative estimate of drug-likeness (QED) is 0.629. The third-order valence-corrected chi connectivity index (χ3v) is 3.55. The lowest BCUT2D eigenvalue weighted by Crippen LogP contribution is -2.51. The number of hydrogen-bond acceptors (Lipinski definition) is 4. The second-order valence-corrected chi connectivity index (χ2v) is 5.86. The Labute approximate surface area is 103 Å². The van der Waals surface area contributed by atoms with Gasteiger partial charge in [0.15, 0.2) is 0 Å². The summed E-state index contributed by atoms with van der Waals surface area (Å²) in [5, 5.41) is 11.8. The van der Waals surface area contributed by atoms with Crippen molar-refractivity contribution in [2.75, 3.05) is 26.4 Å². The number of nitrogens with two attached hydrogens (primary N) is 1. The molecule has 0 aliphatic carbocycles. The van der Waals surface area contributed by atoms with Gasteiger partial charge in [0.25, 0.3) is 0 Å². The van der Waals surface area contributed by atoms with Crippen LogP contribution in [-0.2, 0) is 9.53 Å². The van der Waals surface area contributed by atoms with Crippen LogP contribution in [0.15, 0.2) is 0 Å². The Kier molecular flexibility index (Phi) is 4.52. The maximum Gasteiger partial charge on any atom is 0.229 e. The predicted octanol–water partition coefficient (Wildman–Crippen LogP) is -0.125. The third-order valence-electron chi connectivity index (χ3n) is 3.55. The van der Waals surface area contributed by atoms with Crippen LogP contribution in [0.4, 0.5) is 0 Å². The van der Waals surface area contributed by atoms with Gasteiger partial charge in [0.05, 0.1) is 18.6 Å². The Bertz CT molecular complexity index is 281. The second-order valence-electron chi connectivity index (χ2n) is 5.86. The molecule has 1 saturated heterocycles. The number of rotatable bonds is 5. The summed E-state index contributed by atoms with van der Waals surface area (Å²) in [5.74, 6) is -0.0616. The van der Waals surface area contributed by atoms with Crippen LogP contribution < -0.4 is 11.1 Å². The molecule has 1 fully saturated rings. The van der Waals surface area contributed by atoms with E-state index in [9.17, 15) is 4.79 Å².